The van der Waals surface area contributed by atoms with Crippen LogP contribution in [0.2, 0.25) is 0 Å². The highest BCUT2D eigenvalue weighted by molar-refractivity contribution is 7.09. The van der Waals surface area contributed by atoms with Gasteiger partial charge in [0.2, 0.25) is 0 Å². The van der Waals surface area contributed by atoms with E-state index < -0.39 is 0 Å². The summed E-state index contributed by atoms with van der Waals surface area (Å²) >= 11 is 1.65. The van der Waals surface area contributed by atoms with Crippen LogP contribution in [0, 0.1) is 6.92 Å². The Morgan fingerprint density at radius 2 is 2.10 bits per heavy atom. The van der Waals surface area contributed by atoms with E-state index in [9.17, 15) is 4.79 Å². The first-order valence-electron chi connectivity index (χ1n) is 7.52. The summed E-state index contributed by atoms with van der Waals surface area (Å²) in [6, 6.07) is 0.0806. The highest BCUT2D eigenvalue weighted by atomic mass is 32.1. The van der Waals surface area contributed by atoms with Crippen molar-refractivity contribution in [2.75, 3.05) is 19.7 Å². The van der Waals surface area contributed by atoms with Crippen LogP contribution < -0.4 is 0 Å². The quantitative estimate of drug-likeness (QED) is 0.782. The van der Waals surface area contributed by atoms with Crippen LogP contribution in [-0.2, 0) is 9.53 Å². The van der Waals surface area contributed by atoms with E-state index in [4.69, 9.17) is 4.74 Å². The van der Waals surface area contributed by atoms with Gasteiger partial charge < -0.3 is 4.74 Å². The van der Waals surface area contributed by atoms with Crippen molar-refractivity contribution < 1.29 is 9.53 Å². The molecule has 5 heteroatoms. The van der Waals surface area contributed by atoms with Crippen LogP contribution in [0.15, 0.2) is 5.38 Å². The van der Waals surface area contributed by atoms with Gasteiger partial charge in [-0.3, -0.25) is 9.69 Å². The van der Waals surface area contributed by atoms with Gasteiger partial charge in [0.1, 0.15) is 0 Å². The maximum absolute atomic E-state index is 11.9. The van der Waals surface area contributed by atoms with Gasteiger partial charge in [-0.25, -0.2) is 4.98 Å². The van der Waals surface area contributed by atoms with E-state index >= 15 is 0 Å². The molecule has 1 unspecified atom stereocenters. The summed E-state index contributed by atoms with van der Waals surface area (Å²) in [5.41, 5.74) is 1.03. The van der Waals surface area contributed by atoms with E-state index in [0.29, 0.717) is 13.0 Å². The fraction of sp³-hybridized carbons (Fsp3) is 0.733. The maximum atomic E-state index is 11.9. The average molecular weight is 296 g/mol. The van der Waals surface area contributed by atoms with Gasteiger partial charge in [-0.15, -0.1) is 11.3 Å². The summed E-state index contributed by atoms with van der Waals surface area (Å²) < 4.78 is 5.13. The van der Waals surface area contributed by atoms with Crippen LogP contribution in [0.25, 0.3) is 0 Å². The number of esters is 1. The van der Waals surface area contributed by atoms with Crippen molar-refractivity contribution in [1.82, 2.24) is 9.88 Å². The highest BCUT2D eigenvalue weighted by Crippen LogP contribution is 2.28. The van der Waals surface area contributed by atoms with E-state index in [2.05, 4.69) is 15.3 Å². The zero-order chi connectivity index (χ0) is 14.4. The largest absolute Gasteiger partial charge is 0.466 e. The molecule has 0 saturated carbocycles. The SMILES string of the molecule is CCOC(=O)CC(c1csc(C)n1)N1CCCCCC1. The summed E-state index contributed by atoms with van der Waals surface area (Å²) in [4.78, 5) is 18.9. The number of hydrogen-bond acceptors (Lipinski definition) is 5. The van der Waals surface area contributed by atoms with Crippen LogP contribution in [0.1, 0.15) is 55.8 Å². The third kappa shape index (κ3) is 4.28. The van der Waals surface area contributed by atoms with Crippen LogP contribution in [-0.4, -0.2) is 35.5 Å². The van der Waals surface area contributed by atoms with E-state index in [0.717, 1.165) is 23.8 Å². The summed E-state index contributed by atoms with van der Waals surface area (Å²) in [7, 11) is 0. The maximum Gasteiger partial charge on any atom is 0.307 e. The summed E-state index contributed by atoms with van der Waals surface area (Å²) in [5, 5.41) is 3.15. The minimum atomic E-state index is -0.118. The molecular weight excluding hydrogens is 272 g/mol. The molecule has 2 heterocycles. The molecule has 0 aliphatic carbocycles. The first-order chi connectivity index (χ1) is 9.70. The number of carbonyl (C=O) groups is 1. The predicted molar refractivity (Wildman–Crippen MR) is 80.9 cm³/mol. The van der Waals surface area contributed by atoms with Crippen molar-refractivity contribution in [1.29, 1.82) is 0 Å². The summed E-state index contributed by atoms with van der Waals surface area (Å²) in [5.74, 6) is -0.118. The van der Waals surface area contributed by atoms with Crippen molar-refractivity contribution in [3.8, 4) is 0 Å². The predicted octanol–water partition coefficient (Wildman–Crippen LogP) is 3.32. The number of aryl methyl sites for hydroxylation is 1. The van der Waals surface area contributed by atoms with E-state index in [1.807, 2.05) is 13.8 Å². The van der Waals surface area contributed by atoms with E-state index in [1.165, 1.54) is 25.7 Å². The smallest absolute Gasteiger partial charge is 0.307 e. The lowest BCUT2D eigenvalue weighted by atomic mass is 10.1. The van der Waals surface area contributed by atoms with E-state index in [-0.39, 0.29) is 12.0 Å². The minimum Gasteiger partial charge on any atom is -0.466 e. The topological polar surface area (TPSA) is 42.4 Å². The lowest BCUT2D eigenvalue weighted by molar-refractivity contribution is -0.144. The minimum absolute atomic E-state index is 0.0806. The fourth-order valence-electron chi connectivity index (χ4n) is 2.74. The van der Waals surface area contributed by atoms with Gasteiger partial charge in [-0.1, -0.05) is 12.8 Å². The van der Waals surface area contributed by atoms with Gasteiger partial charge >= 0.3 is 5.97 Å². The van der Waals surface area contributed by atoms with Gasteiger partial charge in [0.25, 0.3) is 0 Å². The van der Waals surface area contributed by atoms with Gasteiger partial charge in [0, 0.05) is 5.38 Å². The molecular formula is C15H24N2O2S. The molecule has 1 aromatic rings. The zero-order valence-corrected chi connectivity index (χ0v) is 13.2. The average Bonchev–Trinajstić information content (AvgIpc) is 2.69. The normalized spacial score (nSPS) is 18.5. The lowest BCUT2D eigenvalue weighted by Gasteiger charge is -2.28. The van der Waals surface area contributed by atoms with Crippen molar-refractivity contribution >= 4 is 17.3 Å². The van der Waals surface area contributed by atoms with Crippen molar-refractivity contribution in [3.63, 3.8) is 0 Å². The monoisotopic (exact) mass is 296 g/mol. The standard InChI is InChI=1S/C15H24N2O2S/c1-3-19-15(18)10-14(13-11-20-12(2)16-13)17-8-6-4-5-7-9-17/h11,14H,3-10H2,1-2H3. The molecule has 0 aromatic carbocycles. The third-order valence-electron chi connectivity index (χ3n) is 3.72. The summed E-state index contributed by atoms with van der Waals surface area (Å²) in [6.07, 6.45) is 5.42. The number of thiazole rings is 1. The molecule has 2 rings (SSSR count). The molecule has 0 N–H and O–H groups in total. The number of carbonyl (C=O) groups excluding carboxylic acids is 1. The molecule has 4 nitrogen and oxygen atoms in total. The lowest BCUT2D eigenvalue weighted by Crippen LogP contribution is -2.32. The highest BCUT2D eigenvalue weighted by Gasteiger charge is 2.26. The molecule has 0 bridgehead atoms. The molecule has 1 atom stereocenters. The molecule has 0 amide bonds. The van der Waals surface area contributed by atoms with Crippen LogP contribution in [0.4, 0.5) is 0 Å². The third-order valence-corrected chi connectivity index (χ3v) is 4.52. The molecule has 0 radical (unpaired) electrons. The van der Waals surface area contributed by atoms with Gasteiger partial charge in [-0.2, -0.15) is 0 Å². The Labute approximate surface area is 125 Å². The Hall–Kier alpha value is -0.940. The molecule has 1 aliphatic rings. The van der Waals surface area contributed by atoms with Crippen molar-refractivity contribution in [2.45, 2.75) is 52.0 Å². The van der Waals surface area contributed by atoms with Crippen LogP contribution in [0.5, 0.6) is 0 Å². The van der Waals surface area contributed by atoms with Crippen molar-refractivity contribution in [2.24, 2.45) is 0 Å². The van der Waals surface area contributed by atoms with Crippen LogP contribution >= 0.6 is 11.3 Å². The second-order valence-electron chi connectivity index (χ2n) is 5.27. The second-order valence-corrected chi connectivity index (χ2v) is 6.33. The molecule has 1 saturated heterocycles. The number of ether oxygens (including phenoxy) is 1. The first kappa shape index (κ1) is 15.4. The Bertz CT molecular complexity index is 425. The van der Waals surface area contributed by atoms with Gasteiger partial charge in [0.15, 0.2) is 0 Å². The van der Waals surface area contributed by atoms with Gasteiger partial charge in [0.05, 0.1) is 29.8 Å². The number of likely N-dealkylation sites (tertiary alicyclic amines) is 1. The number of nitrogens with zero attached hydrogens (tertiary/aromatic N) is 2. The number of rotatable bonds is 5. The summed E-state index contributed by atoms with van der Waals surface area (Å²) in [6.45, 7) is 6.42. The first-order valence-corrected chi connectivity index (χ1v) is 8.40. The molecule has 0 spiro atoms. The fourth-order valence-corrected chi connectivity index (χ4v) is 3.40. The Morgan fingerprint density at radius 3 is 2.65 bits per heavy atom. The van der Waals surface area contributed by atoms with E-state index in [1.54, 1.807) is 11.3 Å². The number of hydrogen-bond donors (Lipinski definition) is 0. The Morgan fingerprint density at radius 1 is 1.40 bits per heavy atom. The van der Waals surface area contributed by atoms with Crippen LogP contribution in [0.3, 0.4) is 0 Å². The number of aromatic nitrogens is 1. The molecule has 1 fully saturated rings. The Balaban J connectivity index is 2.12. The second kappa shape index (κ2) is 7.74. The molecule has 1 aliphatic heterocycles. The molecule has 112 valence electrons. The van der Waals surface area contributed by atoms with Crippen molar-refractivity contribution in [3.05, 3.63) is 16.1 Å². The molecule has 1 aromatic heterocycles. The zero-order valence-electron chi connectivity index (χ0n) is 12.4. The molecule has 20 heavy (non-hydrogen) atoms. The Kier molecular flexibility index (Phi) is 5.98. The van der Waals surface area contributed by atoms with Gasteiger partial charge in [-0.05, 0) is 39.8 Å².